The van der Waals surface area contributed by atoms with Gasteiger partial charge in [0.05, 0.1) is 22.5 Å². The molecule has 7 heteroatoms. The molecule has 2 heterocycles. The van der Waals surface area contributed by atoms with E-state index in [-0.39, 0.29) is 0 Å². The second-order valence-electron chi connectivity index (χ2n) is 5.23. The molecule has 1 aromatic carbocycles. The van der Waals surface area contributed by atoms with Crippen molar-refractivity contribution < 1.29 is 8.42 Å². The van der Waals surface area contributed by atoms with Crippen molar-refractivity contribution in [2.45, 2.75) is 17.1 Å². The minimum Gasteiger partial charge on any atom is -0.279 e. The Morgan fingerprint density at radius 1 is 1.18 bits per heavy atom. The molecule has 110 valence electrons. The zero-order chi connectivity index (χ0) is 15.3. The number of fused-ring (bicyclic) bond motifs is 3. The predicted octanol–water partition coefficient (Wildman–Crippen LogP) is 1.97. The molecule has 3 aromatic rings. The first kappa shape index (κ1) is 13.1. The third-order valence-electron chi connectivity index (χ3n) is 3.80. The SMILES string of the molecule is Cc1ccc(S(=O)(=O)C2C=Cc3c2ncc2nncn32)cc1. The molecule has 0 bridgehead atoms. The average molecular weight is 312 g/mol. The van der Waals surface area contributed by atoms with E-state index in [1.165, 1.54) is 6.20 Å². The summed E-state index contributed by atoms with van der Waals surface area (Å²) in [5.41, 5.74) is 2.83. The van der Waals surface area contributed by atoms with Crippen LogP contribution in [0.3, 0.4) is 0 Å². The zero-order valence-corrected chi connectivity index (χ0v) is 12.5. The largest absolute Gasteiger partial charge is 0.279 e. The van der Waals surface area contributed by atoms with Crippen molar-refractivity contribution in [2.75, 3.05) is 0 Å². The fourth-order valence-corrected chi connectivity index (χ4v) is 4.18. The molecule has 0 aliphatic heterocycles. The predicted molar refractivity (Wildman–Crippen MR) is 80.9 cm³/mol. The molecule has 0 fully saturated rings. The van der Waals surface area contributed by atoms with Gasteiger partial charge in [-0.25, -0.2) is 8.42 Å². The number of benzene rings is 1. The summed E-state index contributed by atoms with van der Waals surface area (Å²) in [5.74, 6) is 0. The molecule has 1 atom stereocenters. The van der Waals surface area contributed by atoms with Gasteiger partial charge in [-0.1, -0.05) is 23.8 Å². The number of sulfone groups is 1. The lowest BCUT2D eigenvalue weighted by Gasteiger charge is -2.12. The van der Waals surface area contributed by atoms with Gasteiger partial charge < -0.3 is 0 Å². The van der Waals surface area contributed by atoms with Crippen molar-refractivity contribution in [1.82, 2.24) is 19.6 Å². The molecule has 1 aliphatic carbocycles. The van der Waals surface area contributed by atoms with Crippen LogP contribution < -0.4 is 0 Å². The Morgan fingerprint density at radius 3 is 2.73 bits per heavy atom. The molecule has 0 spiro atoms. The molecule has 1 aliphatic rings. The summed E-state index contributed by atoms with van der Waals surface area (Å²) in [7, 11) is -3.52. The zero-order valence-electron chi connectivity index (χ0n) is 11.7. The molecular formula is C15H12N4O2S. The second kappa shape index (κ2) is 4.48. The molecule has 4 rings (SSSR count). The van der Waals surface area contributed by atoms with Crippen LogP contribution in [0, 0.1) is 6.92 Å². The molecule has 0 N–H and O–H groups in total. The second-order valence-corrected chi connectivity index (χ2v) is 7.29. The van der Waals surface area contributed by atoms with Crippen molar-refractivity contribution in [3.05, 3.63) is 59.8 Å². The monoisotopic (exact) mass is 312 g/mol. The maximum atomic E-state index is 12.9. The maximum absolute atomic E-state index is 12.9. The number of aromatic nitrogens is 4. The number of aryl methyl sites for hydroxylation is 1. The Morgan fingerprint density at radius 2 is 1.95 bits per heavy atom. The molecule has 1 unspecified atom stereocenters. The number of hydrogen-bond acceptors (Lipinski definition) is 5. The van der Waals surface area contributed by atoms with Crippen molar-refractivity contribution in [3.8, 4) is 0 Å². The highest BCUT2D eigenvalue weighted by atomic mass is 32.2. The van der Waals surface area contributed by atoms with E-state index in [1.807, 2.05) is 6.92 Å². The molecule has 0 saturated heterocycles. The summed E-state index contributed by atoms with van der Waals surface area (Å²) in [6, 6.07) is 6.85. The van der Waals surface area contributed by atoms with Crippen LogP contribution in [-0.2, 0) is 9.84 Å². The van der Waals surface area contributed by atoms with Gasteiger partial charge in [0.15, 0.2) is 15.5 Å². The number of hydrogen-bond donors (Lipinski definition) is 0. The normalized spacial score (nSPS) is 17.0. The third-order valence-corrected chi connectivity index (χ3v) is 5.78. The maximum Gasteiger partial charge on any atom is 0.190 e. The van der Waals surface area contributed by atoms with Crippen molar-refractivity contribution >= 4 is 21.6 Å². The first-order valence-corrected chi connectivity index (χ1v) is 8.29. The number of rotatable bonds is 2. The van der Waals surface area contributed by atoms with E-state index in [9.17, 15) is 8.42 Å². The van der Waals surface area contributed by atoms with Crippen LogP contribution in [0.25, 0.3) is 11.7 Å². The van der Waals surface area contributed by atoms with Crippen LogP contribution in [0.1, 0.15) is 22.2 Å². The Bertz CT molecular complexity index is 1000. The van der Waals surface area contributed by atoms with Gasteiger partial charge in [0.25, 0.3) is 0 Å². The topological polar surface area (TPSA) is 77.2 Å². The summed E-state index contributed by atoms with van der Waals surface area (Å²) < 4.78 is 27.4. The summed E-state index contributed by atoms with van der Waals surface area (Å²) in [5, 5.41) is 6.96. The van der Waals surface area contributed by atoms with E-state index in [1.54, 1.807) is 47.1 Å². The Balaban J connectivity index is 1.86. The van der Waals surface area contributed by atoms with Gasteiger partial charge in [-0.05, 0) is 25.1 Å². The van der Waals surface area contributed by atoms with Gasteiger partial charge in [-0.15, -0.1) is 10.2 Å². The van der Waals surface area contributed by atoms with E-state index in [4.69, 9.17) is 0 Å². The van der Waals surface area contributed by atoms with E-state index in [2.05, 4.69) is 15.2 Å². The third kappa shape index (κ3) is 1.79. The Labute approximate surface area is 127 Å². The lowest BCUT2D eigenvalue weighted by Crippen LogP contribution is -2.13. The van der Waals surface area contributed by atoms with Crippen molar-refractivity contribution in [1.29, 1.82) is 0 Å². The molecular weight excluding hydrogens is 300 g/mol. The van der Waals surface area contributed by atoms with E-state index < -0.39 is 15.1 Å². The van der Waals surface area contributed by atoms with Crippen molar-refractivity contribution in [3.63, 3.8) is 0 Å². The van der Waals surface area contributed by atoms with Crippen LogP contribution in [-0.4, -0.2) is 28.0 Å². The smallest absolute Gasteiger partial charge is 0.190 e. The summed E-state index contributed by atoms with van der Waals surface area (Å²) in [6.07, 6.45) is 6.51. The molecule has 22 heavy (non-hydrogen) atoms. The number of nitrogens with zero attached hydrogens (tertiary/aromatic N) is 4. The van der Waals surface area contributed by atoms with Gasteiger partial charge in [0.1, 0.15) is 11.6 Å². The minimum atomic E-state index is -3.52. The molecule has 6 nitrogen and oxygen atoms in total. The first-order chi connectivity index (χ1) is 10.6. The van der Waals surface area contributed by atoms with Crippen molar-refractivity contribution in [2.24, 2.45) is 0 Å². The van der Waals surface area contributed by atoms with Crippen LogP contribution >= 0.6 is 0 Å². The van der Waals surface area contributed by atoms with Gasteiger partial charge in [0.2, 0.25) is 0 Å². The summed E-state index contributed by atoms with van der Waals surface area (Å²) >= 11 is 0. The minimum absolute atomic E-state index is 0.297. The summed E-state index contributed by atoms with van der Waals surface area (Å²) in [6.45, 7) is 1.92. The average Bonchev–Trinajstić information content (AvgIpc) is 3.13. The van der Waals surface area contributed by atoms with Crippen LogP contribution in [0.5, 0.6) is 0 Å². The van der Waals surface area contributed by atoms with Gasteiger partial charge in [-0.3, -0.25) is 9.38 Å². The first-order valence-electron chi connectivity index (χ1n) is 6.75. The Kier molecular flexibility index (Phi) is 2.67. The van der Waals surface area contributed by atoms with Gasteiger partial charge >= 0.3 is 0 Å². The lowest BCUT2D eigenvalue weighted by molar-refractivity contribution is 0.589. The van der Waals surface area contributed by atoms with Crippen LogP contribution in [0.2, 0.25) is 0 Å². The Hall–Kier alpha value is -2.54. The highest BCUT2D eigenvalue weighted by Crippen LogP contribution is 2.36. The molecule has 0 radical (unpaired) electrons. The van der Waals surface area contributed by atoms with Crippen LogP contribution in [0.15, 0.2) is 47.8 Å². The van der Waals surface area contributed by atoms with Gasteiger partial charge in [-0.2, -0.15) is 0 Å². The van der Waals surface area contributed by atoms with E-state index in [0.717, 1.165) is 5.56 Å². The standard InChI is InChI=1S/C15H12N4O2S/c1-10-2-4-11(5-3-10)22(20,21)13-7-6-12-15(13)16-8-14-18-17-9-19(12)14/h2-9,13H,1H3. The molecule has 0 amide bonds. The molecule has 2 aromatic heterocycles. The summed E-state index contributed by atoms with van der Waals surface area (Å²) in [4.78, 5) is 4.58. The lowest BCUT2D eigenvalue weighted by atomic mass is 10.2. The fraction of sp³-hybridized carbons (Fsp3) is 0.133. The fourth-order valence-electron chi connectivity index (χ4n) is 2.61. The quantitative estimate of drug-likeness (QED) is 0.723. The van der Waals surface area contributed by atoms with Crippen LogP contribution in [0.4, 0.5) is 0 Å². The highest BCUT2D eigenvalue weighted by Gasteiger charge is 2.33. The van der Waals surface area contributed by atoms with E-state index >= 15 is 0 Å². The van der Waals surface area contributed by atoms with E-state index in [0.29, 0.717) is 21.9 Å². The molecule has 0 saturated carbocycles. The highest BCUT2D eigenvalue weighted by molar-refractivity contribution is 7.91. The van der Waals surface area contributed by atoms with Gasteiger partial charge in [0, 0.05) is 0 Å².